The number of amides is 2. The van der Waals surface area contributed by atoms with Gasteiger partial charge in [0.15, 0.2) is 0 Å². The highest BCUT2D eigenvalue weighted by Gasteiger charge is 2.19. The van der Waals surface area contributed by atoms with E-state index in [9.17, 15) is 9.59 Å². The van der Waals surface area contributed by atoms with E-state index in [2.05, 4.69) is 15.6 Å². The van der Waals surface area contributed by atoms with Crippen LogP contribution in [-0.4, -0.2) is 74.2 Å². The molecule has 1 rings (SSSR count). The molecule has 0 spiro atoms. The molecule has 0 aromatic heterocycles. The molecule has 0 saturated carbocycles. The van der Waals surface area contributed by atoms with Gasteiger partial charge in [0.1, 0.15) is 0 Å². The van der Waals surface area contributed by atoms with Gasteiger partial charge in [-0.1, -0.05) is 0 Å². The van der Waals surface area contributed by atoms with Gasteiger partial charge in [-0.2, -0.15) is 0 Å². The zero-order chi connectivity index (χ0) is 15.0. The first kappa shape index (κ1) is 16.9. The first-order chi connectivity index (χ1) is 9.49. The lowest BCUT2D eigenvalue weighted by atomic mass is 10.4. The number of carbonyl (C=O) groups is 2. The van der Waals surface area contributed by atoms with Gasteiger partial charge in [0.25, 0.3) is 0 Å². The summed E-state index contributed by atoms with van der Waals surface area (Å²) in [7, 11) is 2.03. The molecule has 0 aromatic carbocycles. The lowest BCUT2D eigenvalue weighted by molar-refractivity contribution is -0.142. The molecule has 2 amide bonds. The Balaban J connectivity index is 2.11. The predicted molar refractivity (Wildman–Crippen MR) is 75.9 cm³/mol. The van der Waals surface area contributed by atoms with Gasteiger partial charge in [-0.25, -0.2) is 5.01 Å². The van der Waals surface area contributed by atoms with Gasteiger partial charge in [-0.15, -0.1) is 0 Å². The summed E-state index contributed by atoms with van der Waals surface area (Å²) in [5, 5.41) is 4.37. The molecular formula is C13H26N4O3. The number of hydrogen-bond donors (Lipinski definition) is 2. The summed E-state index contributed by atoms with van der Waals surface area (Å²) in [6.07, 6.45) is 0.886. The Hall–Kier alpha value is -1.18. The summed E-state index contributed by atoms with van der Waals surface area (Å²) >= 11 is 0. The van der Waals surface area contributed by atoms with Crippen LogP contribution < -0.4 is 10.7 Å². The topological polar surface area (TPSA) is 73.9 Å². The molecule has 0 unspecified atom stereocenters. The predicted octanol–water partition coefficient (Wildman–Crippen LogP) is -0.804. The molecule has 1 saturated heterocycles. The zero-order valence-electron chi connectivity index (χ0n) is 12.6. The minimum atomic E-state index is -0.598. The van der Waals surface area contributed by atoms with E-state index < -0.39 is 11.8 Å². The fraction of sp³-hybridized carbons (Fsp3) is 0.846. The fourth-order valence-electron chi connectivity index (χ4n) is 1.79. The van der Waals surface area contributed by atoms with Crippen LogP contribution >= 0.6 is 0 Å². The monoisotopic (exact) mass is 286 g/mol. The summed E-state index contributed by atoms with van der Waals surface area (Å²) in [6, 6.07) is 0. The smallest absolute Gasteiger partial charge is 0.323 e. The molecule has 0 bridgehead atoms. The van der Waals surface area contributed by atoms with Crippen LogP contribution in [0.5, 0.6) is 0 Å². The average molecular weight is 286 g/mol. The van der Waals surface area contributed by atoms with E-state index in [1.165, 1.54) is 0 Å². The van der Waals surface area contributed by atoms with Crippen molar-refractivity contribution in [1.29, 1.82) is 0 Å². The molecule has 0 atom stereocenters. The maximum Gasteiger partial charge on any atom is 0.323 e. The largest absolute Gasteiger partial charge is 0.379 e. The third-order valence-corrected chi connectivity index (χ3v) is 3.03. The van der Waals surface area contributed by atoms with Gasteiger partial charge in [0, 0.05) is 39.3 Å². The Morgan fingerprint density at radius 2 is 1.80 bits per heavy atom. The molecule has 7 heteroatoms. The average Bonchev–Trinajstić information content (AvgIpc) is 2.40. The highest BCUT2D eigenvalue weighted by atomic mass is 16.5. The Morgan fingerprint density at radius 3 is 2.40 bits per heavy atom. The van der Waals surface area contributed by atoms with Crippen LogP contribution in [0.3, 0.4) is 0 Å². The number of hydrazine groups is 1. The van der Waals surface area contributed by atoms with E-state index in [1.54, 1.807) is 5.01 Å². The molecule has 1 aliphatic rings. The van der Waals surface area contributed by atoms with Crippen molar-refractivity contribution in [2.24, 2.45) is 0 Å². The van der Waals surface area contributed by atoms with E-state index in [0.717, 1.165) is 26.2 Å². The second-order valence-electron chi connectivity index (χ2n) is 5.26. The standard InChI is InChI=1S/C13H26N4O3/c1-11(2)20-10-4-5-14-12(18)13(19)15-17-8-6-16(3)7-9-17/h11H,4-10H2,1-3H3,(H,14,18)(H,15,19). The lowest BCUT2D eigenvalue weighted by Gasteiger charge is -2.32. The number of hydrogen-bond acceptors (Lipinski definition) is 5. The van der Waals surface area contributed by atoms with Crippen LogP contribution in [0.4, 0.5) is 0 Å². The molecule has 1 fully saturated rings. The number of ether oxygens (including phenoxy) is 1. The quantitative estimate of drug-likeness (QED) is 0.494. The van der Waals surface area contributed by atoms with Crippen LogP contribution in [-0.2, 0) is 14.3 Å². The van der Waals surface area contributed by atoms with Crippen LogP contribution in [0, 0.1) is 0 Å². The number of carbonyl (C=O) groups excluding carboxylic acids is 2. The van der Waals surface area contributed by atoms with Crippen LogP contribution in [0.2, 0.25) is 0 Å². The Labute approximate surface area is 120 Å². The maximum absolute atomic E-state index is 11.7. The minimum Gasteiger partial charge on any atom is -0.379 e. The highest BCUT2D eigenvalue weighted by molar-refractivity contribution is 6.34. The summed E-state index contributed by atoms with van der Waals surface area (Å²) in [5.74, 6) is -1.19. The number of likely N-dealkylation sites (N-methyl/N-ethyl adjacent to an activating group) is 1. The summed E-state index contributed by atoms with van der Waals surface area (Å²) in [5.41, 5.74) is 2.62. The normalized spacial score (nSPS) is 17.2. The minimum absolute atomic E-state index is 0.186. The van der Waals surface area contributed by atoms with Gasteiger partial charge >= 0.3 is 11.8 Å². The molecular weight excluding hydrogens is 260 g/mol. The number of nitrogens with one attached hydrogen (secondary N) is 2. The summed E-state index contributed by atoms with van der Waals surface area (Å²) in [4.78, 5) is 25.4. The van der Waals surface area contributed by atoms with Crippen molar-refractivity contribution >= 4 is 11.8 Å². The maximum atomic E-state index is 11.7. The van der Waals surface area contributed by atoms with Crippen LogP contribution in [0.25, 0.3) is 0 Å². The van der Waals surface area contributed by atoms with Crippen molar-refractivity contribution in [3.63, 3.8) is 0 Å². The van der Waals surface area contributed by atoms with Gasteiger partial charge in [0.2, 0.25) is 0 Å². The van der Waals surface area contributed by atoms with Crippen molar-refractivity contribution in [3.05, 3.63) is 0 Å². The third-order valence-electron chi connectivity index (χ3n) is 3.03. The molecule has 0 aromatic rings. The van der Waals surface area contributed by atoms with Crippen LogP contribution in [0.1, 0.15) is 20.3 Å². The zero-order valence-corrected chi connectivity index (χ0v) is 12.6. The molecule has 7 nitrogen and oxygen atoms in total. The van der Waals surface area contributed by atoms with Crippen molar-refractivity contribution in [2.75, 3.05) is 46.4 Å². The first-order valence-electron chi connectivity index (χ1n) is 7.13. The van der Waals surface area contributed by atoms with E-state index in [-0.39, 0.29) is 6.10 Å². The summed E-state index contributed by atoms with van der Waals surface area (Å²) < 4.78 is 5.35. The molecule has 1 aliphatic heterocycles. The molecule has 116 valence electrons. The van der Waals surface area contributed by atoms with Gasteiger partial charge in [-0.3, -0.25) is 15.0 Å². The van der Waals surface area contributed by atoms with Crippen molar-refractivity contribution in [3.8, 4) is 0 Å². The second kappa shape index (κ2) is 8.89. The summed E-state index contributed by atoms with van der Waals surface area (Å²) in [6.45, 7) is 8.18. The van der Waals surface area contributed by atoms with E-state index in [1.807, 2.05) is 20.9 Å². The Kier molecular flexibility index (Phi) is 7.50. The lowest BCUT2D eigenvalue weighted by Crippen LogP contribution is -2.55. The SMILES string of the molecule is CC(C)OCCCNC(=O)C(=O)NN1CCN(C)CC1. The first-order valence-corrected chi connectivity index (χ1v) is 7.13. The van der Waals surface area contributed by atoms with Crippen molar-refractivity contribution < 1.29 is 14.3 Å². The number of piperazine rings is 1. The molecule has 1 heterocycles. The van der Waals surface area contributed by atoms with Gasteiger partial charge in [0.05, 0.1) is 6.10 Å². The molecule has 0 radical (unpaired) electrons. The van der Waals surface area contributed by atoms with E-state index in [0.29, 0.717) is 19.6 Å². The highest BCUT2D eigenvalue weighted by Crippen LogP contribution is 1.95. The van der Waals surface area contributed by atoms with Crippen LogP contribution in [0.15, 0.2) is 0 Å². The molecule has 0 aliphatic carbocycles. The number of nitrogens with zero attached hydrogens (tertiary/aromatic N) is 2. The number of rotatable bonds is 6. The van der Waals surface area contributed by atoms with Gasteiger partial charge < -0.3 is 15.0 Å². The van der Waals surface area contributed by atoms with Gasteiger partial charge in [-0.05, 0) is 27.3 Å². The molecule has 20 heavy (non-hydrogen) atoms. The van der Waals surface area contributed by atoms with E-state index >= 15 is 0 Å². The molecule has 2 N–H and O–H groups in total. The Bertz CT molecular complexity index is 315. The van der Waals surface area contributed by atoms with Crippen molar-refractivity contribution in [2.45, 2.75) is 26.4 Å². The fourth-order valence-corrected chi connectivity index (χ4v) is 1.79. The third kappa shape index (κ3) is 6.83. The Morgan fingerprint density at radius 1 is 1.15 bits per heavy atom. The second-order valence-corrected chi connectivity index (χ2v) is 5.26. The van der Waals surface area contributed by atoms with Crippen molar-refractivity contribution in [1.82, 2.24) is 20.7 Å². The van der Waals surface area contributed by atoms with E-state index in [4.69, 9.17) is 4.74 Å².